The molecule has 6 heterocycles. The van der Waals surface area contributed by atoms with Gasteiger partial charge in [0.1, 0.15) is 11.6 Å². The van der Waals surface area contributed by atoms with E-state index in [1.165, 1.54) is 11.6 Å². The molecule has 7 rings (SSSR count). The molecular weight excluding hydrogens is 485 g/mol. The lowest BCUT2D eigenvalue weighted by Gasteiger charge is -2.45. The monoisotopic (exact) mass is 513 g/mol. The van der Waals surface area contributed by atoms with Crippen molar-refractivity contribution in [2.45, 2.75) is 57.2 Å². The van der Waals surface area contributed by atoms with E-state index in [1.807, 2.05) is 6.07 Å². The van der Waals surface area contributed by atoms with Gasteiger partial charge in [0.25, 0.3) is 0 Å². The second-order valence-corrected chi connectivity index (χ2v) is 10.2. The molecule has 3 N–H and O–H groups in total. The number of hydrogen-bond donors (Lipinski definition) is 3. The number of fused-ring (bicyclic) bond motifs is 3. The maximum absolute atomic E-state index is 13.8. The van der Waals surface area contributed by atoms with Crippen LogP contribution in [0, 0.1) is 19.7 Å². The fourth-order valence-electron chi connectivity index (χ4n) is 5.95. The number of hydrogen-bond acceptors (Lipinski definition) is 7. The van der Waals surface area contributed by atoms with Crippen molar-refractivity contribution in [2.24, 2.45) is 0 Å². The number of H-pyrrole nitrogens is 2. The number of halogens is 1. The third-order valence-electron chi connectivity index (χ3n) is 7.77. The zero-order chi connectivity index (χ0) is 25.9. The lowest BCUT2D eigenvalue weighted by Crippen LogP contribution is -2.59. The van der Waals surface area contributed by atoms with E-state index in [1.54, 1.807) is 26.1 Å². The molecule has 2 aliphatic rings. The number of aromatic nitrogens is 6. The maximum atomic E-state index is 13.8. The Morgan fingerprint density at radius 1 is 1.05 bits per heavy atom. The highest BCUT2D eigenvalue weighted by Gasteiger charge is 2.54. The van der Waals surface area contributed by atoms with Gasteiger partial charge in [0.05, 0.1) is 41.1 Å². The first-order valence-electron chi connectivity index (χ1n) is 13.0. The van der Waals surface area contributed by atoms with Crippen molar-refractivity contribution in [1.29, 1.82) is 0 Å². The predicted molar refractivity (Wildman–Crippen MR) is 138 cm³/mol. The van der Waals surface area contributed by atoms with Crippen molar-refractivity contribution < 1.29 is 13.5 Å². The van der Waals surface area contributed by atoms with Crippen LogP contribution in [0.3, 0.4) is 0 Å². The molecule has 0 bridgehead atoms. The number of benzene rings is 1. The number of rotatable bonds is 4. The molecule has 5 aromatic rings. The van der Waals surface area contributed by atoms with Gasteiger partial charge in [-0.25, -0.2) is 14.4 Å². The molecule has 4 aromatic heterocycles. The van der Waals surface area contributed by atoms with Crippen LogP contribution in [-0.2, 0) is 16.7 Å². The number of para-hydroxylation sites is 1. The summed E-state index contributed by atoms with van der Waals surface area (Å²) in [7, 11) is 0. The Balaban J connectivity index is 1.39. The minimum Gasteiger partial charge on any atom is -0.423 e. The molecule has 1 saturated heterocycles. The lowest BCUT2D eigenvalue weighted by atomic mass is 9.77. The first-order chi connectivity index (χ1) is 18.5. The molecule has 2 aliphatic heterocycles. The number of nitrogens with one attached hydrogen (secondary N) is 3. The molecule has 2 unspecified atom stereocenters. The third-order valence-corrected chi connectivity index (χ3v) is 7.77. The van der Waals surface area contributed by atoms with Crippen molar-refractivity contribution in [3.63, 3.8) is 0 Å². The van der Waals surface area contributed by atoms with Crippen LogP contribution in [0.5, 0.6) is 0 Å². The first-order valence-corrected chi connectivity index (χ1v) is 13.0. The molecular formula is C28H28FN7O2. The summed E-state index contributed by atoms with van der Waals surface area (Å²) in [6, 6.07) is 11.2. The summed E-state index contributed by atoms with van der Waals surface area (Å²) in [4.78, 5) is 16.3. The molecule has 1 fully saturated rings. The van der Waals surface area contributed by atoms with Crippen LogP contribution in [-0.4, -0.2) is 42.8 Å². The van der Waals surface area contributed by atoms with E-state index in [2.05, 4.69) is 48.7 Å². The molecule has 9 nitrogen and oxygen atoms in total. The zero-order valence-electron chi connectivity index (χ0n) is 21.2. The first kappa shape index (κ1) is 23.2. The molecule has 194 valence electrons. The minimum atomic E-state index is -0.892. The Morgan fingerprint density at radius 2 is 1.95 bits per heavy atom. The van der Waals surface area contributed by atoms with Crippen LogP contribution in [0.15, 0.2) is 47.0 Å². The van der Waals surface area contributed by atoms with Crippen molar-refractivity contribution in [2.75, 3.05) is 6.61 Å². The average molecular weight is 514 g/mol. The summed E-state index contributed by atoms with van der Waals surface area (Å²) < 4.78 is 26.4. The van der Waals surface area contributed by atoms with E-state index in [4.69, 9.17) is 14.1 Å². The minimum absolute atomic E-state index is 0.213. The Kier molecular flexibility index (Phi) is 5.41. The van der Waals surface area contributed by atoms with Crippen molar-refractivity contribution in [3.05, 3.63) is 83.0 Å². The number of aryl methyl sites for hydroxylation is 2. The Morgan fingerprint density at radius 3 is 2.74 bits per heavy atom. The smallest absolute Gasteiger partial charge is 0.245 e. The van der Waals surface area contributed by atoms with E-state index in [0.29, 0.717) is 36.2 Å². The Bertz CT molecular complexity index is 1630. The van der Waals surface area contributed by atoms with Gasteiger partial charge in [0.2, 0.25) is 11.8 Å². The number of pyridine rings is 1. The molecule has 38 heavy (non-hydrogen) atoms. The second-order valence-electron chi connectivity index (χ2n) is 10.2. The molecule has 3 atom stereocenters. The highest BCUT2D eigenvalue weighted by molar-refractivity contribution is 5.85. The van der Waals surface area contributed by atoms with Crippen molar-refractivity contribution in [3.8, 4) is 11.4 Å². The van der Waals surface area contributed by atoms with Crippen LogP contribution in [0.4, 0.5) is 4.39 Å². The van der Waals surface area contributed by atoms with E-state index < -0.39 is 5.54 Å². The highest BCUT2D eigenvalue weighted by atomic mass is 19.1. The molecule has 0 aliphatic carbocycles. The normalized spacial score (nSPS) is 23.6. The summed E-state index contributed by atoms with van der Waals surface area (Å²) in [6.45, 7) is 4.12. The summed E-state index contributed by atoms with van der Waals surface area (Å²) in [6.07, 6.45) is 5.12. The summed E-state index contributed by atoms with van der Waals surface area (Å²) in [5, 5.41) is 13.7. The molecule has 0 spiro atoms. The Hall–Kier alpha value is -3.89. The maximum Gasteiger partial charge on any atom is 0.245 e. The number of aromatic amines is 2. The van der Waals surface area contributed by atoms with Gasteiger partial charge in [0.15, 0.2) is 5.54 Å². The largest absolute Gasteiger partial charge is 0.423 e. The molecule has 0 saturated carbocycles. The van der Waals surface area contributed by atoms with E-state index >= 15 is 0 Å². The molecule has 10 heteroatoms. The van der Waals surface area contributed by atoms with Gasteiger partial charge in [-0.2, -0.15) is 0 Å². The molecule has 1 aromatic carbocycles. The van der Waals surface area contributed by atoms with E-state index in [-0.39, 0.29) is 18.0 Å². The third kappa shape index (κ3) is 3.58. The van der Waals surface area contributed by atoms with Crippen LogP contribution >= 0.6 is 0 Å². The van der Waals surface area contributed by atoms with Gasteiger partial charge in [0, 0.05) is 24.4 Å². The zero-order valence-corrected chi connectivity index (χ0v) is 21.2. The quantitative estimate of drug-likeness (QED) is 0.316. The lowest BCUT2D eigenvalue weighted by molar-refractivity contribution is -0.0503. The van der Waals surface area contributed by atoms with Gasteiger partial charge >= 0.3 is 0 Å². The predicted octanol–water partition coefficient (Wildman–Crippen LogP) is 4.79. The summed E-state index contributed by atoms with van der Waals surface area (Å²) in [5.74, 6) is 1.38. The SMILES string of the molecule is Cc1nnc(C2(C3CCCCO3)N[C@@H](c3ncc(-c4ccc(F)c(C)n4)[nH]3)Cc3c2[nH]c2ccccc32)o1. The van der Waals surface area contributed by atoms with Crippen molar-refractivity contribution >= 4 is 10.9 Å². The standard InChI is InChI=1S/C28H28FN7O2/c1-15-19(29)10-11-21(31-15)23-14-30-26(33-23)22-13-18-17-7-3-4-8-20(17)32-25(18)28(34-22,24-9-5-6-12-37-24)27-36-35-16(2)38-27/h3-4,7-8,10-11,14,22,24,32,34H,5-6,9,12-13H2,1-2H3,(H,30,33)/t22-,24?,28?/m1/s1. The fourth-order valence-corrected chi connectivity index (χ4v) is 5.95. The van der Waals surface area contributed by atoms with Crippen LogP contribution in [0.2, 0.25) is 0 Å². The highest BCUT2D eigenvalue weighted by Crippen LogP contribution is 2.46. The topological polar surface area (TPSA) is 118 Å². The Labute approximate surface area is 218 Å². The number of imidazole rings is 1. The van der Waals surface area contributed by atoms with Gasteiger partial charge in [-0.15, -0.1) is 10.2 Å². The van der Waals surface area contributed by atoms with Crippen LogP contribution in [0.25, 0.3) is 22.3 Å². The van der Waals surface area contributed by atoms with E-state index in [0.717, 1.165) is 47.4 Å². The fraction of sp³-hybridized carbons (Fsp3) is 0.357. The van der Waals surface area contributed by atoms with Gasteiger partial charge < -0.3 is 19.1 Å². The average Bonchev–Trinajstić information content (AvgIpc) is 3.69. The molecule has 0 amide bonds. The summed E-state index contributed by atoms with van der Waals surface area (Å²) >= 11 is 0. The second kappa shape index (κ2) is 8.85. The number of nitrogens with zero attached hydrogens (tertiary/aromatic N) is 4. The number of ether oxygens (including phenoxy) is 1. The molecule has 0 radical (unpaired) electrons. The van der Waals surface area contributed by atoms with Crippen LogP contribution < -0.4 is 5.32 Å². The summed E-state index contributed by atoms with van der Waals surface area (Å²) in [5.41, 5.74) is 4.02. The van der Waals surface area contributed by atoms with Gasteiger partial charge in [-0.05, 0) is 56.4 Å². The van der Waals surface area contributed by atoms with E-state index in [9.17, 15) is 4.39 Å². The van der Waals surface area contributed by atoms with Gasteiger partial charge in [-0.3, -0.25) is 5.32 Å². The van der Waals surface area contributed by atoms with Crippen LogP contribution in [0.1, 0.15) is 59.9 Å². The van der Waals surface area contributed by atoms with Crippen molar-refractivity contribution in [1.82, 2.24) is 35.5 Å². The van der Waals surface area contributed by atoms with Gasteiger partial charge in [-0.1, -0.05) is 18.2 Å².